The van der Waals surface area contributed by atoms with Crippen LogP contribution in [-0.2, 0) is 0 Å². The van der Waals surface area contributed by atoms with Crippen LogP contribution < -0.4 is 5.32 Å². The second-order valence-corrected chi connectivity index (χ2v) is 6.61. The number of halogens is 1. The standard InChI is InChI=1S/C18H31FN2/c1-15(2)9-12-21(13-10-16(3)4)14-11-20-18-8-6-5-7-17(18)19/h5-8,15-16,20H,9-14H2,1-4H3. The van der Waals surface area contributed by atoms with Gasteiger partial charge in [-0.25, -0.2) is 4.39 Å². The van der Waals surface area contributed by atoms with Gasteiger partial charge in [0.2, 0.25) is 0 Å². The van der Waals surface area contributed by atoms with Crippen molar-refractivity contribution in [3.05, 3.63) is 30.1 Å². The van der Waals surface area contributed by atoms with Crippen LogP contribution in [0.4, 0.5) is 10.1 Å². The maximum atomic E-state index is 13.5. The zero-order valence-corrected chi connectivity index (χ0v) is 14.0. The van der Waals surface area contributed by atoms with Crippen LogP contribution in [0.25, 0.3) is 0 Å². The zero-order valence-electron chi connectivity index (χ0n) is 14.0. The van der Waals surface area contributed by atoms with Crippen LogP contribution in [0.3, 0.4) is 0 Å². The summed E-state index contributed by atoms with van der Waals surface area (Å²) < 4.78 is 13.5. The van der Waals surface area contributed by atoms with Gasteiger partial charge in [-0.2, -0.15) is 0 Å². The summed E-state index contributed by atoms with van der Waals surface area (Å²) in [6.07, 6.45) is 2.44. The Morgan fingerprint density at radius 2 is 1.52 bits per heavy atom. The lowest BCUT2D eigenvalue weighted by Crippen LogP contribution is -2.32. The minimum atomic E-state index is -0.173. The van der Waals surface area contributed by atoms with Gasteiger partial charge in [-0.1, -0.05) is 39.8 Å². The minimum Gasteiger partial charge on any atom is -0.381 e. The molecule has 0 bridgehead atoms. The summed E-state index contributed by atoms with van der Waals surface area (Å²) in [5.41, 5.74) is 0.602. The average Bonchev–Trinajstić information content (AvgIpc) is 2.42. The Kier molecular flexibility index (Phi) is 8.36. The zero-order chi connectivity index (χ0) is 15.7. The number of nitrogens with zero attached hydrogens (tertiary/aromatic N) is 1. The van der Waals surface area contributed by atoms with E-state index in [2.05, 4.69) is 37.9 Å². The fraction of sp³-hybridized carbons (Fsp3) is 0.667. The van der Waals surface area contributed by atoms with Crippen molar-refractivity contribution >= 4 is 5.69 Å². The van der Waals surface area contributed by atoms with Crippen LogP contribution in [0.1, 0.15) is 40.5 Å². The van der Waals surface area contributed by atoms with Crippen molar-refractivity contribution in [3.63, 3.8) is 0 Å². The summed E-state index contributed by atoms with van der Waals surface area (Å²) in [7, 11) is 0. The lowest BCUT2D eigenvalue weighted by molar-refractivity contribution is 0.251. The summed E-state index contributed by atoms with van der Waals surface area (Å²) in [6.45, 7) is 13.1. The number of rotatable bonds is 10. The van der Waals surface area contributed by atoms with E-state index in [4.69, 9.17) is 0 Å². The Bertz CT molecular complexity index is 379. The lowest BCUT2D eigenvalue weighted by Gasteiger charge is -2.24. The molecular formula is C18H31FN2. The molecule has 0 atom stereocenters. The van der Waals surface area contributed by atoms with Gasteiger partial charge in [0, 0.05) is 13.1 Å². The van der Waals surface area contributed by atoms with Crippen molar-refractivity contribution in [1.82, 2.24) is 4.90 Å². The molecule has 1 aromatic carbocycles. The van der Waals surface area contributed by atoms with Crippen LogP contribution in [0, 0.1) is 17.7 Å². The molecule has 0 spiro atoms. The molecule has 0 fully saturated rings. The third kappa shape index (κ3) is 8.05. The molecule has 21 heavy (non-hydrogen) atoms. The minimum absolute atomic E-state index is 0.173. The maximum absolute atomic E-state index is 13.5. The molecule has 1 aromatic rings. The molecule has 0 heterocycles. The maximum Gasteiger partial charge on any atom is 0.146 e. The van der Waals surface area contributed by atoms with Gasteiger partial charge in [-0.3, -0.25) is 0 Å². The molecule has 0 aliphatic rings. The highest BCUT2D eigenvalue weighted by molar-refractivity contribution is 5.44. The van der Waals surface area contributed by atoms with E-state index < -0.39 is 0 Å². The molecule has 0 unspecified atom stereocenters. The number of anilines is 1. The fourth-order valence-corrected chi connectivity index (χ4v) is 2.17. The Labute approximate surface area is 129 Å². The summed E-state index contributed by atoms with van der Waals surface area (Å²) in [5, 5.41) is 3.20. The summed E-state index contributed by atoms with van der Waals surface area (Å²) in [4.78, 5) is 2.49. The van der Waals surface area contributed by atoms with Crippen LogP contribution in [0.15, 0.2) is 24.3 Å². The number of benzene rings is 1. The number of hydrogen-bond acceptors (Lipinski definition) is 2. The lowest BCUT2D eigenvalue weighted by atomic mass is 10.1. The van der Waals surface area contributed by atoms with Gasteiger partial charge in [0.15, 0.2) is 0 Å². The Hall–Kier alpha value is -1.09. The molecular weight excluding hydrogens is 263 g/mol. The molecule has 1 N–H and O–H groups in total. The number of nitrogens with one attached hydrogen (secondary N) is 1. The number of hydrogen-bond donors (Lipinski definition) is 1. The van der Waals surface area contributed by atoms with E-state index in [1.54, 1.807) is 12.1 Å². The van der Waals surface area contributed by atoms with Gasteiger partial charge in [-0.05, 0) is 49.9 Å². The van der Waals surface area contributed by atoms with Crippen molar-refractivity contribution in [2.45, 2.75) is 40.5 Å². The highest BCUT2D eigenvalue weighted by atomic mass is 19.1. The largest absolute Gasteiger partial charge is 0.381 e. The molecule has 1 rings (SSSR count). The summed E-state index contributed by atoms with van der Waals surface area (Å²) in [6, 6.07) is 6.87. The Morgan fingerprint density at radius 3 is 2.05 bits per heavy atom. The normalized spacial score (nSPS) is 11.6. The van der Waals surface area contributed by atoms with Crippen molar-refractivity contribution < 1.29 is 4.39 Å². The first kappa shape index (κ1) is 18.0. The molecule has 0 aromatic heterocycles. The third-order valence-electron chi connectivity index (χ3n) is 3.66. The monoisotopic (exact) mass is 294 g/mol. The molecule has 120 valence electrons. The van der Waals surface area contributed by atoms with Gasteiger partial charge >= 0.3 is 0 Å². The average molecular weight is 294 g/mol. The van der Waals surface area contributed by atoms with Gasteiger partial charge < -0.3 is 10.2 Å². The summed E-state index contributed by atoms with van der Waals surface area (Å²) in [5.74, 6) is 1.28. The molecule has 0 saturated carbocycles. The van der Waals surface area contributed by atoms with E-state index in [9.17, 15) is 4.39 Å². The van der Waals surface area contributed by atoms with Gasteiger partial charge in [0.25, 0.3) is 0 Å². The predicted molar refractivity (Wildman–Crippen MR) is 90.2 cm³/mol. The second-order valence-electron chi connectivity index (χ2n) is 6.61. The fourth-order valence-electron chi connectivity index (χ4n) is 2.17. The van der Waals surface area contributed by atoms with Crippen molar-refractivity contribution in [2.24, 2.45) is 11.8 Å². The first-order chi connectivity index (χ1) is 9.99. The van der Waals surface area contributed by atoms with Gasteiger partial charge in [0.1, 0.15) is 5.82 Å². The molecule has 3 heteroatoms. The first-order valence-electron chi connectivity index (χ1n) is 8.19. The first-order valence-corrected chi connectivity index (χ1v) is 8.19. The van der Waals surface area contributed by atoms with Crippen molar-refractivity contribution in [2.75, 3.05) is 31.5 Å². The topological polar surface area (TPSA) is 15.3 Å². The SMILES string of the molecule is CC(C)CCN(CCNc1ccccc1F)CCC(C)C. The molecule has 0 amide bonds. The Morgan fingerprint density at radius 1 is 0.952 bits per heavy atom. The van der Waals surface area contributed by atoms with E-state index in [0.29, 0.717) is 5.69 Å². The van der Waals surface area contributed by atoms with E-state index >= 15 is 0 Å². The van der Waals surface area contributed by atoms with Crippen molar-refractivity contribution in [1.29, 1.82) is 0 Å². The highest BCUT2D eigenvalue weighted by Gasteiger charge is 2.08. The van der Waals surface area contributed by atoms with Gasteiger partial charge in [-0.15, -0.1) is 0 Å². The molecule has 0 aliphatic carbocycles. The Balaban J connectivity index is 2.38. The van der Waals surface area contributed by atoms with Crippen LogP contribution in [0.5, 0.6) is 0 Å². The van der Waals surface area contributed by atoms with Crippen molar-refractivity contribution in [3.8, 4) is 0 Å². The number of para-hydroxylation sites is 1. The summed E-state index contributed by atoms with van der Waals surface area (Å²) >= 11 is 0. The van der Waals surface area contributed by atoms with E-state index in [-0.39, 0.29) is 5.82 Å². The third-order valence-corrected chi connectivity index (χ3v) is 3.66. The van der Waals surface area contributed by atoms with Crippen LogP contribution in [0.2, 0.25) is 0 Å². The molecule has 0 saturated heterocycles. The quantitative estimate of drug-likeness (QED) is 0.676. The van der Waals surface area contributed by atoms with E-state index in [1.165, 1.54) is 18.9 Å². The second kappa shape index (κ2) is 9.78. The predicted octanol–water partition coefficient (Wildman–Crippen LogP) is 4.63. The molecule has 0 aliphatic heterocycles. The van der Waals surface area contributed by atoms with Gasteiger partial charge in [0.05, 0.1) is 5.69 Å². The smallest absolute Gasteiger partial charge is 0.146 e. The molecule has 2 nitrogen and oxygen atoms in total. The van der Waals surface area contributed by atoms with Crippen LogP contribution in [-0.4, -0.2) is 31.1 Å². The molecule has 0 radical (unpaired) electrons. The van der Waals surface area contributed by atoms with E-state index in [0.717, 1.165) is 38.0 Å². The van der Waals surface area contributed by atoms with E-state index in [1.807, 2.05) is 6.07 Å². The van der Waals surface area contributed by atoms with Crippen LogP contribution >= 0.6 is 0 Å². The highest BCUT2D eigenvalue weighted by Crippen LogP contribution is 2.12.